The minimum atomic E-state index is -0.626. The zero-order valence-corrected chi connectivity index (χ0v) is 16.4. The van der Waals surface area contributed by atoms with E-state index in [9.17, 15) is 9.90 Å². The van der Waals surface area contributed by atoms with Crippen molar-refractivity contribution in [1.82, 2.24) is 0 Å². The van der Waals surface area contributed by atoms with Gasteiger partial charge in [0.05, 0.1) is 12.7 Å². The van der Waals surface area contributed by atoms with Crippen LogP contribution in [0.5, 0.6) is 0 Å². The number of benzene rings is 3. The number of ether oxygens (including phenoxy) is 2. The molecule has 0 saturated carbocycles. The van der Waals surface area contributed by atoms with E-state index in [1.807, 2.05) is 54.6 Å². The highest BCUT2D eigenvalue weighted by Gasteiger charge is 2.07. The van der Waals surface area contributed by atoms with Crippen molar-refractivity contribution in [3.8, 4) is 0 Å². The maximum Gasteiger partial charge on any atom is 0.306 e. The molecule has 0 aromatic heterocycles. The van der Waals surface area contributed by atoms with Crippen LogP contribution in [0.2, 0.25) is 0 Å². The van der Waals surface area contributed by atoms with E-state index in [0.29, 0.717) is 32.6 Å². The van der Waals surface area contributed by atoms with Gasteiger partial charge in [0.1, 0.15) is 6.61 Å². The summed E-state index contributed by atoms with van der Waals surface area (Å²) in [5.74, 6) is -0.240. The highest BCUT2D eigenvalue weighted by molar-refractivity contribution is 5.93. The summed E-state index contributed by atoms with van der Waals surface area (Å²) in [7, 11) is 0. The first-order valence-electron chi connectivity index (χ1n) is 9.89. The number of rotatable bonds is 11. The first-order valence-corrected chi connectivity index (χ1v) is 9.89. The van der Waals surface area contributed by atoms with Crippen molar-refractivity contribution in [3.63, 3.8) is 0 Å². The lowest BCUT2D eigenvalue weighted by Gasteiger charge is -2.14. The van der Waals surface area contributed by atoms with Crippen molar-refractivity contribution in [2.24, 2.45) is 0 Å². The molecule has 0 radical (unpaired) electrons. The Morgan fingerprint density at radius 1 is 0.966 bits per heavy atom. The topological polar surface area (TPSA) is 67.8 Å². The first-order chi connectivity index (χ1) is 14.2. The smallest absolute Gasteiger partial charge is 0.306 e. The van der Waals surface area contributed by atoms with E-state index in [4.69, 9.17) is 9.47 Å². The van der Waals surface area contributed by atoms with Gasteiger partial charge in [0.2, 0.25) is 0 Å². The molecule has 0 bridgehead atoms. The SMILES string of the molecule is O=C(CCCOCC(O)CNc1cccc2ccccc12)OCc1ccccc1. The standard InChI is InChI=1S/C24H27NO4/c26-21(16-25-23-13-6-11-20-10-4-5-12-22(20)23)18-28-15-7-14-24(27)29-17-19-8-2-1-3-9-19/h1-6,8-13,21,25-26H,7,14-18H2. The molecule has 0 fully saturated rings. The summed E-state index contributed by atoms with van der Waals surface area (Å²) < 4.78 is 10.7. The van der Waals surface area contributed by atoms with E-state index >= 15 is 0 Å². The maximum absolute atomic E-state index is 11.7. The van der Waals surface area contributed by atoms with E-state index in [0.717, 1.165) is 22.0 Å². The maximum atomic E-state index is 11.7. The summed E-state index contributed by atoms with van der Waals surface area (Å²) >= 11 is 0. The lowest BCUT2D eigenvalue weighted by atomic mass is 10.1. The van der Waals surface area contributed by atoms with Crippen molar-refractivity contribution in [2.75, 3.05) is 25.1 Å². The Morgan fingerprint density at radius 2 is 1.72 bits per heavy atom. The van der Waals surface area contributed by atoms with Gasteiger partial charge in [-0.1, -0.05) is 66.7 Å². The van der Waals surface area contributed by atoms with Gasteiger partial charge in [-0.2, -0.15) is 0 Å². The summed E-state index contributed by atoms with van der Waals surface area (Å²) in [5.41, 5.74) is 1.96. The van der Waals surface area contributed by atoms with Crippen LogP contribution in [0.25, 0.3) is 10.8 Å². The fourth-order valence-electron chi connectivity index (χ4n) is 3.01. The summed E-state index contributed by atoms with van der Waals surface area (Å²) in [5, 5.41) is 15.7. The van der Waals surface area contributed by atoms with Crippen LogP contribution >= 0.6 is 0 Å². The second-order valence-electron chi connectivity index (χ2n) is 6.89. The molecule has 0 spiro atoms. The van der Waals surface area contributed by atoms with Crippen molar-refractivity contribution in [3.05, 3.63) is 78.4 Å². The number of carbonyl (C=O) groups is 1. The molecule has 3 aromatic rings. The summed E-state index contributed by atoms with van der Waals surface area (Å²) in [6.07, 6.45) is 0.243. The molecule has 29 heavy (non-hydrogen) atoms. The Morgan fingerprint density at radius 3 is 2.59 bits per heavy atom. The van der Waals surface area contributed by atoms with Gasteiger partial charge in [-0.25, -0.2) is 0 Å². The second-order valence-corrected chi connectivity index (χ2v) is 6.89. The minimum Gasteiger partial charge on any atom is -0.461 e. The minimum absolute atomic E-state index is 0.219. The molecule has 0 amide bonds. The van der Waals surface area contributed by atoms with Crippen LogP contribution in [0.1, 0.15) is 18.4 Å². The molecule has 3 aromatic carbocycles. The highest BCUT2D eigenvalue weighted by atomic mass is 16.5. The molecule has 5 nitrogen and oxygen atoms in total. The molecule has 5 heteroatoms. The second kappa shape index (κ2) is 11.2. The van der Waals surface area contributed by atoms with Crippen LogP contribution in [0, 0.1) is 0 Å². The van der Waals surface area contributed by atoms with Gasteiger partial charge in [-0.05, 0) is 23.4 Å². The van der Waals surface area contributed by atoms with Crippen molar-refractivity contribution in [2.45, 2.75) is 25.6 Å². The predicted molar refractivity (Wildman–Crippen MR) is 115 cm³/mol. The average molecular weight is 393 g/mol. The van der Waals surface area contributed by atoms with Gasteiger partial charge in [-0.15, -0.1) is 0 Å². The van der Waals surface area contributed by atoms with Crippen molar-refractivity contribution in [1.29, 1.82) is 0 Å². The molecule has 1 unspecified atom stereocenters. The number of hydrogen-bond acceptors (Lipinski definition) is 5. The van der Waals surface area contributed by atoms with Crippen LogP contribution in [0.15, 0.2) is 72.8 Å². The average Bonchev–Trinajstić information content (AvgIpc) is 2.76. The molecule has 2 N–H and O–H groups in total. The van der Waals surface area contributed by atoms with Crippen LogP contribution in [0.3, 0.4) is 0 Å². The molecule has 1 atom stereocenters. The quantitative estimate of drug-likeness (QED) is 0.378. The van der Waals surface area contributed by atoms with E-state index in [1.165, 1.54) is 0 Å². The number of nitrogens with one attached hydrogen (secondary N) is 1. The Balaban J connectivity index is 1.28. The largest absolute Gasteiger partial charge is 0.461 e. The van der Waals surface area contributed by atoms with Crippen LogP contribution < -0.4 is 5.32 Å². The molecular formula is C24H27NO4. The molecule has 152 valence electrons. The third-order valence-electron chi connectivity index (χ3n) is 4.54. The normalized spacial score (nSPS) is 11.9. The van der Waals surface area contributed by atoms with Gasteiger partial charge in [0.25, 0.3) is 0 Å². The third kappa shape index (κ3) is 6.89. The van der Waals surface area contributed by atoms with Crippen LogP contribution in [0.4, 0.5) is 5.69 Å². The number of hydrogen-bond donors (Lipinski definition) is 2. The lowest BCUT2D eigenvalue weighted by Crippen LogP contribution is -2.25. The molecule has 0 aliphatic rings. The number of carbonyl (C=O) groups excluding carboxylic acids is 1. The number of aliphatic hydroxyl groups excluding tert-OH is 1. The Labute approximate surface area is 171 Å². The van der Waals surface area contributed by atoms with Gasteiger partial charge in [0, 0.05) is 30.6 Å². The lowest BCUT2D eigenvalue weighted by molar-refractivity contribution is -0.145. The molecule has 0 aliphatic carbocycles. The van der Waals surface area contributed by atoms with Gasteiger partial charge < -0.3 is 19.9 Å². The number of anilines is 1. The van der Waals surface area contributed by atoms with Crippen LogP contribution in [-0.4, -0.2) is 36.9 Å². The van der Waals surface area contributed by atoms with Gasteiger partial charge in [-0.3, -0.25) is 4.79 Å². The zero-order chi connectivity index (χ0) is 20.3. The predicted octanol–water partition coefficient (Wildman–Crippen LogP) is 4.15. The Kier molecular flexibility index (Phi) is 8.04. The van der Waals surface area contributed by atoms with Crippen molar-refractivity contribution < 1.29 is 19.4 Å². The van der Waals surface area contributed by atoms with Crippen molar-refractivity contribution >= 4 is 22.4 Å². The van der Waals surface area contributed by atoms with E-state index in [2.05, 4.69) is 23.5 Å². The summed E-state index contributed by atoms with van der Waals surface area (Å²) in [6, 6.07) is 23.8. The first kappa shape index (κ1) is 20.8. The molecule has 0 saturated heterocycles. The summed E-state index contributed by atoms with van der Waals surface area (Å²) in [6.45, 7) is 1.31. The van der Waals surface area contributed by atoms with E-state index in [1.54, 1.807) is 0 Å². The Hall–Kier alpha value is -2.89. The molecular weight excluding hydrogens is 366 g/mol. The number of aliphatic hydroxyl groups is 1. The number of fused-ring (bicyclic) bond motifs is 1. The molecule has 0 heterocycles. The number of esters is 1. The highest BCUT2D eigenvalue weighted by Crippen LogP contribution is 2.22. The van der Waals surface area contributed by atoms with Gasteiger partial charge >= 0.3 is 5.97 Å². The Bertz CT molecular complexity index is 892. The third-order valence-corrected chi connectivity index (χ3v) is 4.54. The monoisotopic (exact) mass is 393 g/mol. The fourth-order valence-corrected chi connectivity index (χ4v) is 3.01. The molecule has 3 rings (SSSR count). The van der Waals surface area contributed by atoms with Gasteiger partial charge in [0.15, 0.2) is 0 Å². The fraction of sp³-hybridized carbons (Fsp3) is 0.292. The van der Waals surface area contributed by atoms with E-state index < -0.39 is 6.10 Å². The van der Waals surface area contributed by atoms with Crippen LogP contribution in [-0.2, 0) is 20.9 Å². The summed E-state index contributed by atoms with van der Waals surface area (Å²) in [4.78, 5) is 11.7. The van der Waals surface area contributed by atoms with E-state index in [-0.39, 0.29) is 12.6 Å². The molecule has 0 aliphatic heterocycles. The zero-order valence-electron chi connectivity index (χ0n) is 16.4.